The van der Waals surface area contributed by atoms with Crippen molar-refractivity contribution in [1.82, 2.24) is 15.2 Å². The van der Waals surface area contributed by atoms with Crippen molar-refractivity contribution in [3.8, 4) is 0 Å². The number of nitrogens with zero attached hydrogens (tertiary/aromatic N) is 3. The van der Waals surface area contributed by atoms with E-state index in [0.29, 0.717) is 11.5 Å². The minimum absolute atomic E-state index is 0.184. The molecule has 2 aromatic rings. The molecule has 0 bridgehead atoms. The number of nitrogens with one attached hydrogen (secondary N) is 1. The minimum Gasteiger partial charge on any atom is -0.463 e. The quantitative estimate of drug-likeness (QED) is 0.869. The van der Waals surface area contributed by atoms with Crippen LogP contribution in [0.4, 0.5) is 10.6 Å². The van der Waals surface area contributed by atoms with Gasteiger partial charge in [-0.3, -0.25) is 9.69 Å². The van der Waals surface area contributed by atoms with E-state index < -0.39 is 11.6 Å². The van der Waals surface area contributed by atoms with Crippen LogP contribution in [-0.4, -0.2) is 35.9 Å². The van der Waals surface area contributed by atoms with Crippen molar-refractivity contribution in [1.29, 1.82) is 0 Å². The molecule has 1 saturated heterocycles. The summed E-state index contributed by atoms with van der Waals surface area (Å²) in [4.78, 5) is 32.5. The molecule has 3 amide bonds. The summed E-state index contributed by atoms with van der Waals surface area (Å²) in [6.07, 6.45) is 1.66. The minimum atomic E-state index is -1.18. The van der Waals surface area contributed by atoms with Gasteiger partial charge in [-0.05, 0) is 43.7 Å². The van der Waals surface area contributed by atoms with Gasteiger partial charge in [-0.15, -0.1) is 0 Å². The first kappa shape index (κ1) is 16.0. The van der Waals surface area contributed by atoms with E-state index in [1.807, 2.05) is 25.1 Å². The van der Waals surface area contributed by atoms with Gasteiger partial charge in [-0.1, -0.05) is 0 Å². The van der Waals surface area contributed by atoms with Crippen molar-refractivity contribution >= 4 is 17.8 Å². The van der Waals surface area contributed by atoms with Crippen LogP contribution in [0.25, 0.3) is 0 Å². The second-order valence-electron chi connectivity index (χ2n) is 6.27. The van der Waals surface area contributed by atoms with Crippen LogP contribution in [0.5, 0.6) is 0 Å². The number of imide groups is 1. The van der Waals surface area contributed by atoms with Gasteiger partial charge in [0.2, 0.25) is 0 Å². The smallest absolute Gasteiger partial charge is 0.325 e. The third kappa shape index (κ3) is 2.62. The standard InChI is InChI=1S/C17H20N4O3/c1-11-5-6-13(24-11)17(2)15(22)21(16(23)19-17)10-12-7-8-18-14(9-12)20(3)4/h5-9H,10H2,1-4H3,(H,19,23)/t17-/m0/s1. The Hall–Kier alpha value is -2.83. The Bertz CT molecular complexity index is 799. The average Bonchev–Trinajstić information content (AvgIpc) is 3.06. The molecule has 1 aliphatic rings. The molecule has 2 aromatic heterocycles. The highest BCUT2D eigenvalue weighted by Crippen LogP contribution is 2.31. The SMILES string of the molecule is Cc1ccc([C@]2(C)NC(=O)N(Cc3ccnc(N(C)C)c3)C2=O)o1. The van der Waals surface area contributed by atoms with Gasteiger partial charge in [-0.25, -0.2) is 9.78 Å². The molecule has 126 valence electrons. The van der Waals surface area contributed by atoms with Gasteiger partial charge in [0.25, 0.3) is 5.91 Å². The van der Waals surface area contributed by atoms with Crippen LogP contribution < -0.4 is 10.2 Å². The number of rotatable bonds is 4. The third-order valence-corrected chi connectivity index (χ3v) is 4.12. The molecule has 3 heterocycles. The van der Waals surface area contributed by atoms with Gasteiger partial charge < -0.3 is 14.6 Å². The molecule has 7 nitrogen and oxygen atoms in total. The monoisotopic (exact) mass is 328 g/mol. The normalized spacial score (nSPS) is 20.4. The van der Waals surface area contributed by atoms with Crippen molar-refractivity contribution in [3.05, 3.63) is 47.5 Å². The summed E-state index contributed by atoms with van der Waals surface area (Å²) in [6.45, 7) is 3.64. The molecular weight excluding hydrogens is 308 g/mol. The number of urea groups is 1. The summed E-state index contributed by atoms with van der Waals surface area (Å²) < 4.78 is 5.56. The first-order chi connectivity index (χ1) is 11.3. The Labute approximate surface area is 140 Å². The highest BCUT2D eigenvalue weighted by Gasteiger charge is 2.51. The summed E-state index contributed by atoms with van der Waals surface area (Å²) in [5.41, 5.74) is -0.347. The van der Waals surface area contributed by atoms with Crippen molar-refractivity contribution < 1.29 is 14.0 Å². The number of aryl methyl sites for hydroxylation is 1. The molecule has 0 spiro atoms. The predicted octanol–water partition coefficient (Wildman–Crippen LogP) is 2.02. The Kier molecular flexibility index (Phi) is 3.79. The zero-order valence-corrected chi connectivity index (χ0v) is 14.2. The van der Waals surface area contributed by atoms with Crippen molar-refractivity contribution in [2.75, 3.05) is 19.0 Å². The number of furan rings is 1. The molecule has 0 aliphatic carbocycles. The van der Waals surface area contributed by atoms with Crippen LogP contribution >= 0.6 is 0 Å². The van der Waals surface area contributed by atoms with Gasteiger partial charge in [0, 0.05) is 20.3 Å². The molecular formula is C17H20N4O3. The van der Waals surface area contributed by atoms with Gasteiger partial charge in [-0.2, -0.15) is 0 Å². The largest absolute Gasteiger partial charge is 0.463 e. The number of anilines is 1. The molecule has 1 aliphatic heterocycles. The van der Waals surface area contributed by atoms with Gasteiger partial charge in [0.15, 0.2) is 5.54 Å². The lowest BCUT2D eigenvalue weighted by atomic mass is 9.99. The Morgan fingerprint density at radius 3 is 2.67 bits per heavy atom. The Morgan fingerprint density at radius 2 is 2.04 bits per heavy atom. The lowest BCUT2D eigenvalue weighted by Gasteiger charge is -2.19. The van der Waals surface area contributed by atoms with Crippen LogP contribution in [0.2, 0.25) is 0 Å². The maximum atomic E-state index is 12.8. The summed E-state index contributed by atoms with van der Waals surface area (Å²) in [5.74, 6) is 1.56. The summed E-state index contributed by atoms with van der Waals surface area (Å²) in [5, 5.41) is 2.74. The van der Waals surface area contributed by atoms with Gasteiger partial charge in [0.05, 0.1) is 6.54 Å². The molecule has 0 radical (unpaired) electrons. The lowest BCUT2D eigenvalue weighted by Crippen LogP contribution is -2.40. The highest BCUT2D eigenvalue weighted by atomic mass is 16.3. The number of aromatic nitrogens is 1. The maximum Gasteiger partial charge on any atom is 0.325 e. The van der Waals surface area contributed by atoms with Crippen LogP contribution in [0, 0.1) is 6.92 Å². The third-order valence-electron chi connectivity index (χ3n) is 4.12. The Morgan fingerprint density at radius 1 is 1.29 bits per heavy atom. The predicted molar refractivity (Wildman–Crippen MR) is 88.4 cm³/mol. The maximum absolute atomic E-state index is 12.8. The molecule has 7 heteroatoms. The fourth-order valence-corrected chi connectivity index (χ4v) is 2.70. The second-order valence-corrected chi connectivity index (χ2v) is 6.27. The van der Waals surface area contributed by atoms with Crippen LogP contribution in [-0.2, 0) is 16.9 Å². The first-order valence-electron chi connectivity index (χ1n) is 7.64. The zero-order valence-electron chi connectivity index (χ0n) is 14.2. The molecule has 3 rings (SSSR count). The van der Waals surface area contributed by atoms with Crippen LogP contribution in [0.15, 0.2) is 34.9 Å². The van der Waals surface area contributed by atoms with Crippen molar-refractivity contribution in [3.63, 3.8) is 0 Å². The van der Waals surface area contributed by atoms with E-state index in [0.717, 1.165) is 11.4 Å². The second kappa shape index (κ2) is 5.67. The molecule has 24 heavy (non-hydrogen) atoms. The number of hydrogen-bond acceptors (Lipinski definition) is 5. The summed E-state index contributed by atoms with van der Waals surface area (Å²) >= 11 is 0. The number of hydrogen-bond donors (Lipinski definition) is 1. The van der Waals surface area contributed by atoms with E-state index in [2.05, 4.69) is 10.3 Å². The fourth-order valence-electron chi connectivity index (χ4n) is 2.70. The van der Waals surface area contributed by atoms with E-state index in [1.54, 1.807) is 38.2 Å². The number of carbonyl (C=O) groups is 2. The van der Waals surface area contributed by atoms with E-state index in [9.17, 15) is 9.59 Å². The molecule has 1 fully saturated rings. The number of amides is 3. The molecule has 1 N–H and O–H groups in total. The molecule has 0 saturated carbocycles. The van der Waals surface area contributed by atoms with Crippen molar-refractivity contribution in [2.24, 2.45) is 0 Å². The topological polar surface area (TPSA) is 78.7 Å². The summed E-state index contributed by atoms with van der Waals surface area (Å²) in [6, 6.07) is 6.70. The summed E-state index contributed by atoms with van der Waals surface area (Å²) in [7, 11) is 3.77. The number of pyridine rings is 1. The van der Waals surface area contributed by atoms with Gasteiger partial charge >= 0.3 is 6.03 Å². The zero-order chi connectivity index (χ0) is 17.5. The van der Waals surface area contributed by atoms with Crippen molar-refractivity contribution in [2.45, 2.75) is 25.9 Å². The highest BCUT2D eigenvalue weighted by molar-refractivity contribution is 6.06. The lowest BCUT2D eigenvalue weighted by molar-refractivity contribution is -0.132. The van der Waals surface area contributed by atoms with Crippen LogP contribution in [0.3, 0.4) is 0 Å². The molecule has 1 atom stereocenters. The van der Waals surface area contributed by atoms with E-state index >= 15 is 0 Å². The number of carbonyl (C=O) groups excluding carboxylic acids is 2. The van der Waals surface area contributed by atoms with E-state index in [1.165, 1.54) is 4.90 Å². The molecule has 0 aromatic carbocycles. The van der Waals surface area contributed by atoms with Crippen LogP contribution in [0.1, 0.15) is 24.0 Å². The Balaban J connectivity index is 1.86. The fraction of sp³-hybridized carbons (Fsp3) is 0.353. The van der Waals surface area contributed by atoms with Gasteiger partial charge in [0.1, 0.15) is 17.3 Å². The first-order valence-corrected chi connectivity index (χ1v) is 7.64. The molecule has 0 unspecified atom stereocenters. The van der Waals surface area contributed by atoms with E-state index in [-0.39, 0.29) is 12.5 Å². The average molecular weight is 328 g/mol. The van der Waals surface area contributed by atoms with E-state index in [4.69, 9.17) is 4.42 Å².